The molecule has 1 aliphatic rings. The van der Waals surface area contributed by atoms with Crippen LogP contribution in [0.3, 0.4) is 0 Å². The molecule has 0 bridgehead atoms. The number of nitrogens with zero attached hydrogens (tertiary/aromatic N) is 1. The zero-order chi connectivity index (χ0) is 20.3. The van der Waals surface area contributed by atoms with Crippen LogP contribution in [0.5, 0.6) is 5.75 Å². The normalized spacial score (nSPS) is 18.2. The van der Waals surface area contributed by atoms with Crippen LogP contribution in [0, 0.1) is 0 Å². The Hall–Kier alpha value is -1.86. The summed E-state index contributed by atoms with van der Waals surface area (Å²) in [5, 5.41) is 0. The van der Waals surface area contributed by atoms with Crippen molar-refractivity contribution in [2.45, 2.75) is 39.0 Å². The van der Waals surface area contributed by atoms with Crippen molar-refractivity contribution in [1.29, 1.82) is 0 Å². The second-order valence-electron chi connectivity index (χ2n) is 7.31. The Kier molecular flexibility index (Phi) is 6.45. The second kappa shape index (κ2) is 8.66. The van der Waals surface area contributed by atoms with Crippen molar-refractivity contribution in [2.24, 2.45) is 0 Å². The number of rotatable bonds is 6. The van der Waals surface area contributed by atoms with Gasteiger partial charge < -0.3 is 9.64 Å². The molecule has 2 aromatic carbocycles. The maximum Gasteiger partial charge on any atom is 0.254 e. The van der Waals surface area contributed by atoms with Crippen LogP contribution >= 0.6 is 15.9 Å². The fraction of sp³-hybridized carbons (Fsp3) is 0.381. The quantitative estimate of drug-likeness (QED) is 0.644. The summed E-state index contributed by atoms with van der Waals surface area (Å²) >= 11 is 3.45. The molecule has 150 valence electrons. The Morgan fingerprint density at radius 1 is 1.21 bits per heavy atom. The van der Waals surface area contributed by atoms with Gasteiger partial charge in [-0.1, -0.05) is 28.1 Å². The third-order valence-corrected chi connectivity index (χ3v) is 6.87. The van der Waals surface area contributed by atoms with Crippen molar-refractivity contribution in [2.75, 3.05) is 11.5 Å². The summed E-state index contributed by atoms with van der Waals surface area (Å²) in [6, 6.07) is 14.4. The lowest BCUT2D eigenvalue weighted by molar-refractivity contribution is 0.0681. The molecular weight excluding hydrogens is 442 g/mol. The summed E-state index contributed by atoms with van der Waals surface area (Å²) < 4.78 is 30.6. The van der Waals surface area contributed by atoms with Crippen molar-refractivity contribution in [3.8, 4) is 5.75 Å². The van der Waals surface area contributed by atoms with Gasteiger partial charge in [0.05, 0.1) is 17.6 Å². The summed E-state index contributed by atoms with van der Waals surface area (Å²) in [6.45, 7) is 4.25. The van der Waals surface area contributed by atoms with E-state index in [2.05, 4.69) is 15.9 Å². The van der Waals surface area contributed by atoms with E-state index >= 15 is 0 Å². The van der Waals surface area contributed by atoms with Crippen LogP contribution in [0.2, 0.25) is 0 Å². The van der Waals surface area contributed by atoms with Gasteiger partial charge in [0.2, 0.25) is 0 Å². The second-order valence-corrected chi connectivity index (χ2v) is 10.5. The Morgan fingerprint density at radius 3 is 2.50 bits per heavy atom. The number of amides is 1. The van der Waals surface area contributed by atoms with Crippen molar-refractivity contribution < 1.29 is 17.9 Å². The van der Waals surface area contributed by atoms with E-state index in [1.807, 2.05) is 38.1 Å². The summed E-state index contributed by atoms with van der Waals surface area (Å²) in [4.78, 5) is 14.9. The van der Waals surface area contributed by atoms with Gasteiger partial charge in [-0.2, -0.15) is 0 Å². The standard InChI is InChI=1S/C21H24BrNO4S/c1-15(2)27-20-8-6-17(7-9-20)21(24)23(19-10-11-28(25,26)14-19)13-16-4-3-5-18(22)12-16/h3-9,12,15,19H,10-11,13-14H2,1-2H3/t19-/m0/s1. The van der Waals surface area contributed by atoms with E-state index in [1.165, 1.54) is 0 Å². The summed E-state index contributed by atoms with van der Waals surface area (Å²) in [7, 11) is -3.10. The van der Waals surface area contributed by atoms with Crippen LogP contribution in [0.25, 0.3) is 0 Å². The van der Waals surface area contributed by atoms with Crippen molar-refractivity contribution in [3.63, 3.8) is 0 Å². The highest BCUT2D eigenvalue weighted by atomic mass is 79.9. The Balaban J connectivity index is 1.86. The highest BCUT2D eigenvalue weighted by molar-refractivity contribution is 9.10. The Bertz CT molecular complexity index is 941. The van der Waals surface area contributed by atoms with Crippen molar-refractivity contribution in [1.82, 2.24) is 4.90 Å². The first-order valence-corrected chi connectivity index (χ1v) is 11.9. The van der Waals surface area contributed by atoms with Crippen LogP contribution in [-0.4, -0.2) is 42.9 Å². The maximum absolute atomic E-state index is 13.2. The van der Waals surface area contributed by atoms with Crippen LogP contribution in [-0.2, 0) is 16.4 Å². The summed E-state index contributed by atoms with van der Waals surface area (Å²) in [5.41, 5.74) is 1.47. The molecule has 1 atom stereocenters. The molecule has 0 saturated carbocycles. The highest BCUT2D eigenvalue weighted by Gasteiger charge is 2.35. The van der Waals surface area contributed by atoms with E-state index in [0.717, 1.165) is 10.0 Å². The van der Waals surface area contributed by atoms with Crippen LogP contribution in [0.15, 0.2) is 53.0 Å². The molecule has 5 nitrogen and oxygen atoms in total. The Labute approximate surface area is 174 Å². The van der Waals surface area contributed by atoms with Gasteiger partial charge in [-0.15, -0.1) is 0 Å². The number of hydrogen-bond donors (Lipinski definition) is 0. The van der Waals surface area contributed by atoms with Crippen molar-refractivity contribution >= 4 is 31.7 Å². The molecule has 3 rings (SSSR count). The first kappa shape index (κ1) is 20.9. The van der Waals surface area contributed by atoms with E-state index in [-0.39, 0.29) is 29.6 Å². The highest BCUT2D eigenvalue weighted by Crippen LogP contribution is 2.24. The van der Waals surface area contributed by atoms with Gasteiger partial charge >= 0.3 is 0 Å². The van der Waals surface area contributed by atoms with Crippen molar-refractivity contribution in [3.05, 3.63) is 64.1 Å². The number of ether oxygens (including phenoxy) is 1. The van der Waals surface area contributed by atoms with E-state index in [1.54, 1.807) is 29.2 Å². The minimum Gasteiger partial charge on any atom is -0.491 e. The molecule has 1 saturated heterocycles. The maximum atomic E-state index is 13.2. The number of carbonyl (C=O) groups excluding carboxylic acids is 1. The fourth-order valence-electron chi connectivity index (χ4n) is 3.33. The molecule has 2 aromatic rings. The molecule has 0 N–H and O–H groups in total. The minimum atomic E-state index is -3.10. The smallest absolute Gasteiger partial charge is 0.254 e. The van der Waals surface area contributed by atoms with E-state index in [0.29, 0.717) is 24.3 Å². The number of sulfone groups is 1. The van der Waals surface area contributed by atoms with Gasteiger partial charge in [0, 0.05) is 22.6 Å². The van der Waals surface area contributed by atoms with E-state index in [9.17, 15) is 13.2 Å². The molecule has 7 heteroatoms. The van der Waals surface area contributed by atoms with E-state index < -0.39 is 9.84 Å². The molecule has 1 fully saturated rings. The molecule has 0 radical (unpaired) electrons. The Morgan fingerprint density at radius 2 is 1.93 bits per heavy atom. The molecule has 0 unspecified atom stereocenters. The molecule has 1 aliphatic heterocycles. The van der Waals surface area contributed by atoms with Crippen LogP contribution in [0.4, 0.5) is 0 Å². The van der Waals surface area contributed by atoms with Crippen LogP contribution < -0.4 is 4.74 Å². The lowest BCUT2D eigenvalue weighted by atomic mass is 10.1. The molecule has 28 heavy (non-hydrogen) atoms. The SMILES string of the molecule is CC(C)Oc1ccc(C(=O)N(Cc2cccc(Br)c2)[C@H]2CCS(=O)(=O)C2)cc1. The molecule has 0 spiro atoms. The molecule has 1 amide bonds. The predicted molar refractivity (Wildman–Crippen MR) is 113 cm³/mol. The predicted octanol–water partition coefficient (Wildman–Crippen LogP) is 4.07. The number of carbonyl (C=O) groups is 1. The zero-order valence-electron chi connectivity index (χ0n) is 16.0. The third-order valence-electron chi connectivity index (χ3n) is 4.63. The summed E-state index contributed by atoms with van der Waals surface area (Å²) in [5.74, 6) is 0.675. The van der Waals surface area contributed by atoms with Gasteiger partial charge in [-0.25, -0.2) is 8.42 Å². The van der Waals surface area contributed by atoms with E-state index in [4.69, 9.17) is 4.74 Å². The fourth-order valence-corrected chi connectivity index (χ4v) is 5.51. The number of benzene rings is 2. The largest absolute Gasteiger partial charge is 0.491 e. The topological polar surface area (TPSA) is 63.7 Å². The summed E-state index contributed by atoms with van der Waals surface area (Å²) in [6.07, 6.45) is 0.523. The lowest BCUT2D eigenvalue weighted by Crippen LogP contribution is -2.40. The monoisotopic (exact) mass is 465 g/mol. The molecule has 1 heterocycles. The molecule has 0 aliphatic carbocycles. The number of hydrogen-bond acceptors (Lipinski definition) is 4. The third kappa shape index (κ3) is 5.35. The first-order chi connectivity index (χ1) is 13.2. The number of halogens is 1. The average Bonchev–Trinajstić information content (AvgIpc) is 2.99. The van der Waals surface area contributed by atoms with Gasteiger partial charge in [0.25, 0.3) is 5.91 Å². The van der Waals surface area contributed by atoms with Crippen LogP contribution in [0.1, 0.15) is 36.2 Å². The first-order valence-electron chi connectivity index (χ1n) is 9.26. The molecule has 0 aromatic heterocycles. The average molecular weight is 466 g/mol. The van der Waals surface area contributed by atoms with Gasteiger partial charge in [-0.05, 0) is 62.2 Å². The zero-order valence-corrected chi connectivity index (χ0v) is 18.4. The van der Waals surface area contributed by atoms with Gasteiger partial charge in [-0.3, -0.25) is 4.79 Å². The lowest BCUT2D eigenvalue weighted by Gasteiger charge is -2.28. The molecular formula is C21H24BrNO4S. The minimum absolute atomic E-state index is 0.0152. The van der Waals surface area contributed by atoms with Gasteiger partial charge in [0.1, 0.15) is 5.75 Å². The van der Waals surface area contributed by atoms with Gasteiger partial charge in [0.15, 0.2) is 9.84 Å².